The Balaban J connectivity index is 1.91. The number of thiocarbonyl (C=S) groups is 1. The SMILES string of the molecule is C=C(C)COc1ccc(NC(=S)NC(=O)c2ccccc2C)cc1. The van der Waals surface area contributed by atoms with Crippen LogP contribution in [-0.2, 0) is 0 Å². The molecule has 5 heteroatoms. The Morgan fingerprint density at radius 2 is 1.83 bits per heavy atom. The summed E-state index contributed by atoms with van der Waals surface area (Å²) in [4.78, 5) is 12.2. The van der Waals surface area contributed by atoms with E-state index in [0.717, 1.165) is 22.6 Å². The molecule has 0 aromatic heterocycles. The van der Waals surface area contributed by atoms with Gasteiger partial charge in [0.25, 0.3) is 5.91 Å². The molecule has 0 spiro atoms. The van der Waals surface area contributed by atoms with Crippen LogP contribution in [0.1, 0.15) is 22.8 Å². The molecule has 0 atom stereocenters. The van der Waals surface area contributed by atoms with E-state index in [1.807, 2.05) is 56.3 Å². The maximum atomic E-state index is 12.2. The predicted octanol–water partition coefficient (Wildman–Crippen LogP) is 4.08. The van der Waals surface area contributed by atoms with Crippen LogP contribution in [0.4, 0.5) is 5.69 Å². The van der Waals surface area contributed by atoms with Gasteiger partial charge in [0.2, 0.25) is 0 Å². The molecule has 2 aromatic rings. The van der Waals surface area contributed by atoms with Gasteiger partial charge in [-0.15, -0.1) is 0 Å². The fourth-order valence-electron chi connectivity index (χ4n) is 2.00. The van der Waals surface area contributed by atoms with E-state index >= 15 is 0 Å². The van der Waals surface area contributed by atoms with Gasteiger partial charge < -0.3 is 10.1 Å². The molecule has 0 fully saturated rings. The summed E-state index contributed by atoms with van der Waals surface area (Å²) in [5, 5.41) is 5.91. The number of carbonyl (C=O) groups is 1. The molecule has 0 radical (unpaired) electrons. The van der Waals surface area contributed by atoms with E-state index in [9.17, 15) is 4.79 Å². The van der Waals surface area contributed by atoms with Crippen LogP contribution < -0.4 is 15.4 Å². The normalized spacial score (nSPS) is 9.92. The van der Waals surface area contributed by atoms with Crippen LogP contribution in [0.5, 0.6) is 5.75 Å². The van der Waals surface area contributed by atoms with Gasteiger partial charge in [0, 0.05) is 11.3 Å². The molecule has 0 saturated carbocycles. The van der Waals surface area contributed by atoms with E-state index < -0.39 is 0 Å². The first-order valence-corrected chi connectivity index (χ1v) is 7.92. The van der Waals surface area contributed by atoms with Crippen molar-refractivity contribution in [2.45, 2.75) is 13.8 Å². The lowest BCUT2D eigenvalue weighted by molar-refractivity contribution is 0.0977. The summed E-state index contributed by atoms with van der Waals surface area (Å²) in [6, 6.07) is 14.7. The lowest BCUT2D eigenvalue weighted by Crippen LogP contribution is -2.34. The Morgan fingerprint density at radius 1 is 1.17 bits per heavy atom. The number of hydrogen-bond donors (Lipinski definition) is 2. The van der Waals surface area contributed by atoms with Gasteiger partial charge in [0.05, 0.1) is 0 Å². The van der Waals surface area contributed by atoms with Crippen LogP contribution in [0, 0.1) is 6.92 Å². The summed E-state index contributed by atoms with van der Waals surface area (Å²) < 4.78 is 5.53. The second-order valence-electron chi connectivity index (χ2n) is 5.49. The third-order valence-corrected chi connectivity index (χ3v) is 3.42. The van der Waals surface area contributed by atoms with Crippen molar-refractivity contribution in [2.24, 2.45) is 0 Å². The zero-order chi connectivity index (χ0) is 17.5. The van der Waals surface area contributed by atoms with E-state index in [4.69, 9.17) is 17.0 Å². The summed E-state index contributed by atoms with van der Waals surface area (Å²) >= 11 is 5.19. The van der Waals surface area contributed by atoms with E-state index in [1.165, 1.54) is 0 Å². The van der Waals surface area contributed by atoms with Gasteiger partial charge in [-0.25, -0.2) is 0 Å². The molecule has 2 N–H and O–H groups in total. The predicted molar refractivity (Wildman–Crippen MR) is 102 cm³/mol. The molecule has 124 valence electrons. The van der Waals surface area contributed by atoms with Crippen LogP contribution >= 0.6 is 12.2 Å². The highest BCUT2D eigenvalue weighted by Crippen LogP contribution is 2.16. The molecule has 0 aliphatic rings. The molecule has 0 aliphatic carbocycles. The molecule has 24 heavy (non-hydrogen) atoms. The number of rotatable bonds is 5. The van der Waals surface area contributed by atoms with Crippen LogP contribution in [-0.4, -0.2) is 17.6 Å². The van der Waals surface area contributed by atoms with Gasteiger partial charge in [-0.05, 0) is 67.5 Å². The molecule has 4 nitrogen and oxygen atoms in total. The minimum atomic E-state index is -0.230. The number of carbonyl (C=O) groups excluding carboxylic acids is 1. The molecular weight excluding hydrogens is 320 g/mol. The van der Waals surface area contributed by atoms with E-state index in [2.05, 4.69) is 17.2 Å². The quantitative estimate of drug-likeness (QED) is 0.636. The number of anilines is 1. The van der Waals surface area contributed by atoms with Crippen LogP contribution in [0.25, 0.3) is 0 Å². The van der Waals surface area contributed by atoms with Crippen molar-refractivity contribution in [3.05, 3.63) is 71.8 Å². The van der Waals surface area contributed by atoms with Gasteiger partial charge in [-0.1, -0.05) is 24.8 Å². The number of aryl methyl sites for hydroxylation is 1. The average molecular weight is 340 g/mol. The Hall–Kier alpha value is -2.66. The number of hydrogen-bond acceptors (Lipinski definition) is 3. The van der Waals surface area contributed by atoms with Crippen molar-refractivity contribution in [1.82, 2.24) is 5.32 Å². The first-order valence-electron chi connectivity index (χ1n) is 7.51. The largest absolute Gasteiger partial charge is 0.489 e. The molecular formula is C19H20N2O2S. The molecule has 2 rings (SSSR count). The Labute approximate surface area is 147 Å². The van der Waals surface area contributed by atoms with Crippen molar-refractivity contribution < 1.29 is 9.53 Å². The van der Waals surface area contributed by atoms with E-state index in [-0.39, 0.29) is 11.0 Å². The maximum absolute atomic E-state index is 12.2. The summed E-state index contributed by atoms with van der Waals surface area (Å²) in [6.45, 7) is 8.07. The van der Waals surface area contributed by atoms with Crippen LogP contribution in [0.15, 0.2) is 60.7 Å². The van der Waals surface area contributed by atoms with Crippen molar-refractivity contribution in [1.29, 1.82) is 0 Å². The molecule has 0 bridgehead atoms. The number of benzene rings is 2. The maximum Gasteiger partial charge on any atom is 0.257 e. The second kappa shape index (κ2) is 8.26. The standard InChI is InChI=1S/C19H20N2O2S/c1-13(2)12-23-16-10-8-15(9-11-16)20-19(24)21-18(22)17-7-5-4-6-14(17)3/h4-11H,1,12H2,2-3H3,(H2,20,21,22,24). The molecule has 0 aliphatic heterocycles. The van der Waals surface area contributed by atoms with E-state index in [1.54, 1.807) is 6.07 Å². The van der Waals surface area contributed by atoms with Crippen molar-refractivity contribution in [2.75, 3.05) is 11.9 Å². The third-order valence-electron chi connectivity index (χ3n) is 3.21. The summed E-state index contributed by atoms with van der Waals surface area (Å²) in [7, 11) is 0. The van der Waals surface area contributed by atoms with Crippen molar-refractivity contribution in [3.63, 3.8) is 0 Å². The highest BCUT2D eigenvalue weighted by molar-refractivity contribution is 7.80. The Morgan fingerprint density at radius 3 is 2.46 bits per heavy atom. The van der Waals surface area contributed by atoms with E-state index in [0.29, 0.717) is 12.2 Å². The molecule has 0 saturated heterocycles. The summed E-state index contributed by atoms with van der Waals surface area (Å²) in [5.74, 6) is 0.519. The van der Waals surface area contributed by atoms with Gasteiger partial charge in [0.1, 0.15) is 12.4 Å². The lowest BCUT2D eigenvalue weighted by atomic mass is 10.1. The van der Waals surface area contributed by atoms with Crippen molar-refractivity contribution in [3.8, 4) is 5.75 Å². The monoisotopic (exact) mass is 340 g/mol. The third kappa shape index (κ3) is 5.21. The lowest BCUT2D eigenvalue weighted by Gasteiger charge is -2.11. The average Bonchev–Trinajstić information content (AvgIpc) is 2.54. The number of nitrogens with one attached hydrogen (secondary N) is 2. The van der Waals surface area contributed by atoms with Crippen molar-refractivity contribution >= 4 is 28.9 Å². The smallest absolute Gasteiger partial charge is 0.257 e. The minimum Gasteiger partial charge on any atom is -0.489 e. The second-order valence-corrected chi connectivity index (χ2v) is 5.90. The zero-order valence-corrected chi connectivity index (χ0v) is 14.6. The van der Waals surface area contributed by atoms with Crippen LogP contribution in [0.3, 0.4) is 0 Å². The fourth-order valence-corrected chi connectivity index (χ4v) is 2.21. The minimum absolute atomic E-state index is 0.230. The Kier molecular flexibility index (Phi) is 6.09. The number of amides is 1. The first-order chi connectivity index (χ1) is 11.5. The summed E-state index contributed by atoms with van der Waals surface area (Å²) in [6.07, 6.45) is 0. The molecule has 2 aromatic carbocycles. The van der Waals surface area contributed by atoms with Gasteiger partial charge in [-0.3, -0.25) is 10.1 Å². The number of ether oxygens (including phenoxy) is 1. The van der Waals surface area contributed by atoms with Gasteiger partial charge in [-0.2, -0.15) is 0 Å². The molecule has 0 heterocycles. The van der Waals surface area contributed by atoms with Crippen LogP contribution in [0.2, 0.25) is 0 Å². The zero-order valence-electron chi connectivity index (χ0n) is 13.8. The summed E-state index contributed by atoms with van der Waals surface area (Å²) in [5.41, 5.74) is 3.23. The highest BCUT2D eigenvalue weighted by Gasteiger charge is 2.10. The topological polar surface area (TPSA) is 50.4 Å². The fraction of sp³-hybridized carbons (Fsp3) is 0.158. The molecule has 0 unspecified atom stereocenters. The van der Waals surface area contributed by atoms with Gasteiger partial charge >= 0.3 is 0 Å². The first kappa shape index (κ1) is 17.7. The highest BCUT2D eigenvalue weighted by atomic mass is 32.1. The Bertz CT molecular complexity index is 754. The van der Waals surface area contributed by atoms with Gasteiger partial charge in [0.15, 0.2) is 5.11 Å². The molecule has 1 amide bonds.